The monoisotopic (exact) mass is 393 g/mol. The van der Waals surface area contributed by atoms with Crippen molar-refractivity contribution in [3.63, 3.8) is 0 Å². The molecule has 0 unspecified atom stereocenters. The molecule has 2 aromatic rings. The molecule has 2 bridgehead atoms. The number of fused-ring (bicyclic) bond motifs is 4. The van der Waals surface area contributed by atoms with Crippen LogP contribution in [0.3, 0.4) is 0 Å². The molecule has 7 nitrogen and oxygen atoms in total. The van der Waals surface area contributed by atoms with Crippen LogP contribution in [0.15, 0.2) is 36.4 Å². The van der Waals surface area contributed by atoms with Crippen LogP contribution >= 0.6 is 23.2 Å². The van der Waals surface area contributed by atoms with E-state index in [0.29, 0.717) is 33.5 Å². The van der Waals surface area contributed by atoms with Crippen LogP contribution in [0.1, 0.15) is 24.9 Å². The molecule has 9 heteroatoms. The van der Waals surface area contributed by atoms with E-state index >= 15 is 0 Å². The molecule has 0 radical (unpaired) electrons. The van der Waals surface area contributed by atoms with Crippen LogP contribution < -0.4 is 15.0 Å². The van der Waals surface area contributed by atoms with Crippen molar-refractivity contribution in [2.75, 3.05) is 4.90 Å². The Balaban J connectivity index is 1.79. The lowest BCUT2D eigenvalue weighted by atomic mass is 9.90. The molecule has 4 rings (SSSR count). The van der Waals surface area contributed by atoms with E-state index in [9.17, 15) is 14.9 Å². The van der Waals surface area contributed by atoms with Crippen molar-refractivity contribution < 1.29 is 14.5 Å². The minimum Gasteiger partial charge on any atom is -0.467 e. The number of rotatable bonds is 2. The van der Waals surface area contributed by atoms with Gasteiger partial charge >= 0.3 is 6.03 Å². The third-order valence-electron chi connectivity index (χ3n) is 4.62. The van der Waals surface area contributed by atoms with Crippen molar-refractivity contribution in [3.8, 4) is 5.75 Å². The van der Waals surface area contributed by atoms with Gasteiger partial charge < -0.3 is 10.1 Å². The van der Waals surface area contributed by atoms with Crippen molar-refractivity contribution in [3.05, 3.63) is 62.1 Å². The molecule has 0 aliphatic carbocycles. The Bertz CT molecular complexity index is 952. The van der Waals surface area contributed by atoms with Gasteiger partial charge in [0.05, 0.1) is 21.7 Å². The van der Waals surface area contributed by atoms with Gasteiger partial charge in [-0.3, -0.25) is 15.0 Å². The van der Waals surface area contributed by atoms with Gasteiger partial charge in [-0.05, 0) is 31.2 Å². The summed E-state index contributed by atoms with van der Waals surface area (Å²) in [7, 11) is 0. The highest BCUT2D eigenvalue weighted by Gasteiger charge is 2.50. The van der Waals surface area contributed by atoms with Gasteiger partial charge in [-0.25, -0.2) is 4.79 Å². The number of ether oxygens (including phenoxy) is 1. The number of carbonyl (C=O) groups excluding carboxylic acids is 1. The minimum absolute atomic E-state index is 0.0478. The number of nitrogens with zero attached hydrogens (tertiary/aromatic N) is 2. The maximum atomic E-state index is 12.8. The molecule has 0 spiro atoms. The van der Waals surface area contributed by atoms with Gasteiger partial charge in [0.2, 0.25) is 0 Å². The Hall–Kier alpha value is -2.51. The lowest BCUT2D eigenvalue weighted by Crippen LogP contribution is -2.65. The quantitative estimate of drug-likeness (QED) is 0.593. The predicted octanol–water partition coefficient (Wildman–Crippen LogP) is 4.67. The summed E-state index contributed by atoms with van der Waals surface area (Å²) in [4.78, 5) is 24.8. The van der Waals surface area contributed by atoms with Crippen molar-refractivity contribution in [1.29, 1.82) is 0 Å². The second-order valence-electron chi connectivity index (χ2n) is 6.39. The first-order valence-electron chi connectivity index (χ1n) is 7.82. The maximum Gasteiger partial charge on any atom is 0.325 e. The number of carbonyl (C=O) groups is 1. The van der Waals surface area contributed by atoms with Gasteiger partial charge in [-0.1, -0.05) is 23.2 Å². The second-order valence-corrected chi connectivity index (χ2v) is 7.24. The zero-order chi connectivity index (χ0) is 18.6. The zero-order valence-electron chi connectivity index (χ0n) is 13.5. The van der Waals surface area contributed by atoms with Crippen molar-refractivity contribution >= 4 is 40.6 Å². The van der Waals surface area contributed by atoms with Crippen molar-refractivity contribution in [2.24, 2.45) is 0 Å². The highest BCUT2D eigenvalue weighted by atomic mass is 35.5. The summed E-state index contributed by atoms with van der Waals surface area (Å²) in [6, 6.07) is 8.44. The fourth-order valence-electron chi connectivity index (χ4n) is 3.50. The Labute approximate surface area is 158 Å². The van der Waals surface area contributed by atoms with E-state index in [4.69, 9.17) is 27.9 Å². The number of nitro groups is 1. The third-order valence-corrected chi connectivity index (χ3v) is 5.15. The first-order chi connectivity index (χ1) is 12.3. The van der Waals surface area contributed by atoms with Gasteiger partial charge in [0.1, 0.15) is 5.75 Å². The first-order valence-corrected chi connectivity index (χ1v) is 8.57. The summed E-state index contributed by atoms with van der Waals surface area (Å²) in [5.74, 6) is 0.490. The van der Waals surface area contributed by atoms with E-state index in [2.05, 4.69) is 5.32 Å². The standard InChI is InChI=1S/C17H13Cl2N3O4/c1-17-8-13(11-7-10(22(24)25)3-5-15(11)26-17)20-16(23)21(17)14-4-2-9(18)6-12(14)19/h2-7,13H,8H2,1H3,(H,20,23)/t13-,17+/m1/s1. The van der Waals surface area contributed by atoms with Gasteiger partial charge in [-0.15, -0.1) is 0 Å². The second kappa shape index (κ2) is 5.75. The lowest BCUT2D eigenvalue weighted by molar-refractivity contribution is -0.385. The Morgan fingerprint density at radius 1 is 1.31 bits per heavy atom. The number of amides is 2. The van der Waals surface area contributed by atoms with Crippen molar-refractivity contribution in [1.82, 2.24) is 5.32 Å². The van der Waals surface area contributed by atoms with Crippen LogP contribution in [0.25, 0.3) is 0 Å². The highest BCUT2D eigenvalue weighted by molar-refractivity contribution is 6.36. The first kappa shape index (κ1) is 16.9. The molecule has 2 aliphatic heterocycles. The topological polar surface area (TPSA) is 84.7 Å². The molecule has 1 fully saturated rings. The van der Waals surface area contributed by atoms with Gasteiger partial charge in [0.25, 0.3) is 5.69 Å². The number of non-ortho nitro benzene ring substituents is 1. The number of hydrogen-bond acceptors (Lipinski definition) is 4. The molecule has 0 aromatic heterocycles. The number of nitro benzene ring substituents is 1. The predicted molar refractivity (Wildman–Crippen MR) is 97.0 cm³/mol. The summed E-state index contributed by atoms with van der Waals surface area (Å²) >= 11 is 12.2. The SMILES string of the molecule is C[C@]12C[C@@H](NC(=O)N1c1ccc(Cl)cc1Cl)c1cc([N+](=O)[O-])ccc1O2. The molecular weight excluding hydrogens is 381 g/mol. The fraction of sp³-hybridized carbons (Fsp3) is 0.235. The molecule has 2 aliphatic rings. The molecule has 1 saturated heterocycles. The summed E-state index contributed by atoms with van der Waals surface area (Å²) in [6.45, 7) is 1.79. The number of halogens is 2. The van der Waals surface area contributed by atoms with Gasteiger partial charge in [0, 0.05) is 29.1 Å². The van der Waals surface area contributed by atoms with Crippen LogP contribution in [-0.2, 0) is 0 Å². The molecule has 2 heterocycles. The molecule has 1 N–H and O–H groups in total. The summed E-state index contributed by atoms with van der Waals surface area (Å²) in [5.41, 5.74) is 0.0216. The number of anilines is 1. The molecule has 2 atom stereocenters. The summed E-state index contributed by atoms with van der Waals surface area (Å²) in [6.07, 6.45) is 0.409. The molecular formula is C17H13Cl2N3O4. The van der Waals surface area contributed by atoms with Crippen molar-refractivity contribution in [2.45, 2.75) is 25.1 Å². The van der Waals surface area contributed by atoms with Crippen LogP contribution in [0.4, 0.5) is 16.2 Å². The smallest absolute Gasteiger partial charge is 0.325 e. The average Bonchev–Trinajstić information content (AvgIpc) is 2.55. The number of nitrogens with one attached hydrogen (secondary N) is 1. The highest BCUT2D eigenvalue weighted by Crippen LogP contribution is 2.47. The molecule has 2 amide bonds. The number of hydrogen-bond donors (Lipinski definition) is 1. The average molecular weight is 394 g/mol. The molecule has 134 valence electrons. The lowest BCUT2D eigenvalue weighted by Gasteiger charge is -2.50. The Morgan fingerprint density at radius 3 is 2.77 bits per heavy atom. The molecule has 0 saturated carbocycles. The minimum atomic E-state index is -0.992. The van der Waals surface area contributed by atoms with E-state index in [1.807, 2.05) is 0 Å². The molecule has 26 heavy (non-hydrogen) atoms. The largest absolute Gasteiger partial charge is 0.467 e. The maximum absolute atomic E-state index is 12.8. The van der Waals surface area contributed by atoms with Gasteiger partial charge in [0.15, 0.2) is 5.72 Å². The Kier molecular flexibility index (Phi) is 3.75. The van der Waals surface area contributed by atoms with Gasteiger partial charge in [-0.2, -0.15) is 0 Å². The Morgan fingerprint density at radius 2 is 2.08 bits per heavy atom. The van der Waals surface area contributed by atoms with Crippen LogP contribution in [0.2, 0.25) is 10.0 Å². The van der Waals surface area contributed by atoms with E-state index in [1.165, 1.54) is 17.0 Å². The van der Waals surface area contributed by atoms with E-state index < -0.39 is 22.7 Å². The van der Waals surface area contributed by atoms with E-state index in [0.717, 1.165) is 0 Å². The summed E-state index contributed by atoms with van der Waals surface area (Å²) < 4.78 is 6.10. The van der Waals surface area contributed by atoms with Crippen LogP contribution in [0, 0.1) is 10.1 Å². The number of urea groups is 1. The summed E-state index contributed by atoms with van der Waals surface area (Å²) in [5, 5.41) is 14.7. The normalized spacial score (nSPS) is 23.7. The van der Waals surface area contributed by atoms with Crippen LogP contribution in [0.5, 0.6) is 5.75 Å². The fourth-order valence-corrected chi connectivity index (χ4v) is 4.00. The number of benzene rings is 2. The zero-order valence-corrected chi connectivity index (χ0v) is 15.0. The van der Waals surface area contributed by atoms with E-state index in [-0.39, 0.29) is 5.69 Å². The van der Waals surface area contributed by atoms with Crippen LogP contribution in [-0.4, -0.2) is 16.7 Å². The third kappa shape index (κ3) is 2.55. The molecule has 2 aromatic carbocycles. The van der Waals surface area contributed by atoms with E-state index in [1.54, 1.807) is 31.2 Å².